The van der Waals surface area contributed by atoms with Crippen molar-refractivity contribution in [3.05, 3.63) is 71.3 Å². The summed E-state index contributed by atoms with van der Waals surface area (Å²) in [6.45, 7) is 2.22. The van der Waals surface area contributed by atoms with Crippen molar-refractivity contribution in [3.8, 4) is 0 Å². The molecular formula is C16H15O. The maximum atomic E-state index is 10.4. The Bertz CT molecular complexity index is 471. The number of rotatable bonds is 4. The Morgan fingerprint density at radius 2 is 1.65 bits per heavy atom. The van der Waals surface area contributed by atoms with E-state index in [-0.39, 0.29) is 0 Å². The lowest BCUT2D eigenvalue weighted by Gasteiger charge is -2.11. The average molecular weight is 223 g/mol. The van der Waals surface area contributed by atoms with Gasteiger partial charge in [-0.1, -0.05) is 61.5 Å². The molecule has 0 fully saturated rings. The molecule has 1 radical (unpaired) electrons. The summed E-state index contributed by atoms with van der Waals surface area (Å²) in [5.41, 5.74) is 3.21. The summed E-state index contributed by atoms with van der Waals surface area (Å²) in [6, 6.07) is 18.1. The molecule has 1 heteroatoms. The summed E-state index contributed by atoms with van der Waals surface area (Å²) in [4.78, 5) is 10.4. The van der Waals surface area contributed by atoms with Crippen LogP contribution < -0.4 is 0 Å². The maximum Gasteiger partial charge on any atom is 0.233 e. The fourth-order valence-corrected chi connectivity index (χ4v) is 1.96. The third kappa shape index (κ3) is 3.04. The second-order valence-electron chi connectivity index (χ2n) is 4.31. The first-order valence-corrected chi connectivity index (χ1v) is 5.81. The van der Waals surface area contributed by atoms with Gasteiger partial charge in [0, 0.05) is 5.56 Å². The highest BCUT2D eigenvalue weighted by Gasteiger charge is 2.05. The minimum atomic E-state index is 0.488. The highest BCUT2D eigenvalue weighted by atomic mass is 16.1. The van der Waals surface area contributed by atoms with Gasteiger partial charge in [0.05, 0.1) is 0 Å². The number of hydrogen-bond donors (Lipinski definition) is 0. The summed E-state index contributed by atoms with van der Waals surface area (Å²) in [6.07, 6.45) is 2.88. The van der Waals surface area contributed by atoms with E-state index in [2.05, 4.69) is 31.2 Å². The van der Waals surface area contributed by atoms with E-state index in [0.29, 0.717) is 11.5 Å². The fourth-order valence-electron chi connectivity index (χ4n) is 1.96. The predicted molar refractivity (Wildman–Crippen MR) is 69.8 cm³/mol. The minimum Gasteiger partial charge on any atom is -0.285 e. The fraction of sp³-hybridized carbons (Fsp3) is 0.188. The lowest BCUT2D eigenvalue weighted by Crippen LogP contribution is -1.98. The monoisotopic (exact) mass is 223 g/mol. The van der Waals surface area contributed by atoms with Gasteiger partial charge in [-0.25, -0.2) is 0 Å². The van der Waals surface area contributed by atoms with Crippen LogP contribution in [0.25, 0.3) is 0 Å². The molecule has 2 aromatic rings. The first-order chi connectivity index (χ1) is 8.29. The number of benzene rings is 2. The summed E-state index contributed by atoms with van der Waals surface area (Å²) in [5, 5.41) is 0. The summed E-state index contributed by atoms with van der Waals surface area (Å²) in [5.74, 6) is 0.488. The normalized spacial score (nSPS) is 12.1. The smallest absolute Gasteiger partial charge is 0.233 e. The molecule has 0 aliphatic rings. The zero-order chi connectivity index (χ0) is 12.1. The van der Waals surface area contributed by atoms with Gasteiger partial charge in [0.2, 0.25) is 6.29 Å². The molecule has 0 saturated carbocycles. The Balaban J connectivity index is 2.07. The zero-order valence-electron chi connectivity index (χ0n) is 9.89. The van der Waals surface area contributed by atoms with Gasteiger partial charge in [-0.05, 0) is 23.5 Å². The molecule has 17 heavy (non-hydrogen) atoms. The maximum absolute atomic E-state index is 10.4. The largest absolute Gasteiger partial charge is 0.285 e. The van der Waals surface area contributed by atoms with Gasteiger partial charge in [-0.2, -0.15) is 0 Å². The van der Waals surface area contributed by atoms with Crippen molar-refractivity contribution < 1.29 is 4.79 Å². The van der Waals surface area contributed by atoms with Crippen LogP contribution in [0.4, 0.5) is 0 Å². The quantitative estimate of drug-likeness (QED) is 0.775. The highest BCUT2D eigenvalue weighted by molar-refractivity contribution is 5.75. The van der Waals surface area contributed by atoms with Crippen LogP contribution in [0.1, 0.15) is 29.5 Å². The van der Waals surface area contributed by atoms with E-state index in [1.165, 1.54) is 11.1 Å². The molecule has 0 aliphatic carbocycles. The van der Waals surface area contributed by atoms with Crippen molar-refractivity contribution in [3.63, 3.8) is 0 Å². The topological polar surface area (TPSA) is 17.1 Å². The Labute approximate surface area is 102 Å². The highest BCUT2D eigenvalue weighted by Crippen LogP contribution is 2.20. The second kappa shape index (κ2) is 5.44. The Morgan fingerprint density at radius 3 is 2.24 bits per heavy atom. The van der Waals surface area contributed by atoms with Crippen molar-refractivity contribution in [2.45, 2.75) is 19.3 Å². The van der Waals surface area contributed by atoms with Crippen LogP contribution >= 0.6 is 0 Å². The third-order valence-corrected chi connectivity index (χ3v) is 2.98. The number of carbonyl (C=O) groups excluding carboxylic acids is 1. The van der Waals surface area contributed by atoms with Crippen LogP contribution in [-0.4, -0.2) is 6.29 Å². The lowest BCUT2D eigenvalue weighted by atomic mass is 9.93. The first-order valence-electron chi connectivity index (χ1n) is 5.81. The molecular weight excluding hydrogens is 208 g/mol. The van der Waals surface area contributed by atoms with Crippen molar-refractivity contribution in [2.24, 2.45) is 0 Å². The first kappa shape index (κ1) is 11.6. The third-order valence-electron chi connectivity index (χ3n) is 2.98. The van der Waals surface area contributed by atoms with Gasteiger partial charge in [-0.15, -0.1) is 0 Å². The molecule has 2 aromatic carbocycles. The number of hydrogen-bond acceptors (Lipinski definition) is 1. The Morgan fingerprint density at radius 1 is 1.00 bits per heavy atom. The van der Waals surface area contributed by atoms with E-state index >= 15 is 0 Å². The predicted octanol–water partition coefficient (Wildman–Crippen LogP) is 3.49. The van der Waals surface area contributed by atoms with Crippen molar-refractivity contribution in [1.82, 2.24) is 0 Å². The molecule has 0 spiro atoms. The minimum absolute atomic E-state index is 0.488. The molecule has 0 aliphatic heterocycles. The molecule has 0 amide bonds. The molecule has 2 rings (SSSR count). The van der Waals surface area contributed by atoms with E-state index < -0.39 is 0 Å². The van der Waals surface area contributed by atoms with Gasteiger partial charge in [-0.3, -0.25) is 4.79 Å². The van der Waals surface area contributed by atoms with Crippen LogP contribution in [0.15, 0.2) is 54.6 Å². The lowest BCUT2D eigenvalue weighted by molar-refractivity contribution is 0.562. The molecule has 1 nitrogen and oxygen atoms in total. The SMILES string of the molecule is C[C@H](Cc1ccc([C]=O)cc1)c1ccccc1. The molecule has 0 heterocycles. The van der Waals surface area contributed by atoms with Crippen molar-refractivity contribution in [1.29, 1.82) is 0 Å². The average Bonchev–Trinajstić information content (AvgIpc) is 2.40. The molecule has 0 N–H and O–H groups in total. The van der Waals surface area contributed by atoms with Crippen molar-refractivity contribution >= 4 is 6.29 Å². The van der Waals surface area contributed by atoms with E-state index in [4.69, 9.17) is 0 Å². The van der Waals surface area contributed by atoms with E-state index in [1.807, 2.05) is 36.6 Å². The molecule has 0 bridgehead atoms. The summed E-state index contributed by atoms with van der Waals surface area (Å²) in [7, 11) is 0. The summed E-state index contributed by atoms with van der Waals surface area (Å²) < 4.78 is 0. The van der Waals surface area contributed by atoms with Gasteiger partial charge in [0.1, 0.15) is 0 Å². The summed E-state index contributed by atoms with van der Waals surface area (Å²) >= 11 is 0. The molecule has 0 unspecified atom stereocenters. The molecule has 0 aromatic heterocycles. The molecule has 0 saturated heterocycles. The second-order valence-corrected chi connectivity index (χ2v) is 4.31. The van der Waals surface area contributed by atoms with Crippen LogP contribution in [-0.2, 0) is 11.2 Å². The van der Waals surface area contributed by atoms with E-state index in [9.17, 15) is 4.79 Å². The van der Waals surface area contributed by atoms with Crippen LogP contribution in [0.5, 0.6) is 0 Å². The van der Waals surface area contributed by atoms with Crippen molar-refractivity contribution in [2.75, 3.05) is 0 Å². The molecule has 85 valence electrons. The Kier molecular flexibility index (Phi) is 3.71. The van der Waals surface area contributed by atoms with Crippen LogP contribution in [0.2, 0.25) is 0 Å². The standard InChI is InChI=1S/C16H15O/c1-13(16-5-3-2-4-6-16)11-14-7-9-15(12-17)10-8-14/h2-10,13H,11H2,1H3/t13-/m1/s1. The molecule has 1 atom stereocenters. The van der Waals surface area contributed by atoms with Gasteiger partial charge in [0.15, 0.2) is 0 Å². The van der Waals surface area contributed by atoms with Gasteiger partial charge < -0.3 is 0 Å². The zero-order valence-corrected chi connectivity index (χ0v) is 9.89. The van der Waals surface area contributed by atoms with E-state index in [0.717, 1.165) is 6.42 Å². The van der Waals surface area contributed by atoms with Gasteiger partial charge in [0.25, 0.3) is 0 Å². The van der Waals surface area contributed by atoms with E-state index in [1.54, 1.807) is 0 Å². The van der Waals surface area contributed by atoms with Crippen LogP contribution in [0.3, 0.4) is 0 Å². The van der Waals surface area contributed by atoms with Crippen LogP contribution in [0, 0.1) is 0 Å². The Hall–Kier alpha value is -1.89. The van der Waals surface area contributed by atoms with Gasteiger partial charge >= 0.3 is 0 Å².